The van der Waals surface area contributed by atoms with Crippen LogP contribution in [0.2, 0.25) is 0 Å². The molecule has 6 heteroatoms. The highest BCUT2D eigenvalue weighted by Crippen LogP contribution is 2.31. The Morgan fingerprint density at radius 3 is 1.77 bits per heavy atom. The smallest absolute Gasteiger partial charge is 0.247 e. The van der Waals surface area contributed by atoms with Gasteiger partial charge in [0.05, 0.1) is 6.42 Å². The molecule has 0 heterocycles. The molecule has 0 saturated carbocycles. The average molecular weight is 208 g/mol. The SMILES string of the molecule is CCC(F)(F)C[C@H](F)CC(F)(F)F. The number of hydrogen-bond donors (Lipinski definition) is 0. The van der Waals surface area contributed by atoms with Crippen molar-refractivity contribution >= 4 is 0 Å². The summed E-state index contributed by atoms with van der Waals surface area (Å²) in [6, 6.07) is 0. The predicted molar refractivity (Wildman–Crippen MR) is 35.4 cm³/mol. The molecule has 0 aliphatic rings. The lowest BCUT2D eigenvalue weighted by Gasteiger charge is -2.17. The van der Waals surface area contributed by atoms with Gasteiger partial charge >= 0.3 is 6.18 Å². The molecule has 0 nitrogen and oxygen atoms in total. The minimum Gasteiger partial charge on any atom is -0.247 e. The van der Waals surface area contributed by atoms with E-state index in [9.17, 15) is 26.3 Å². The molecule has 0 aromatic heterocycles. The summed E-state index contributed by atoms with van der Waals surface area (Å²) in [5, 5.41) is 0. The molecule has 80 valence electrons. The molecule has 0 aromatic carbocycles. The Morgan fingerprint density at radius 2 is 1.46 bits per heavy atom. The standard InChI is InChI=1S/C7H10F6/c1-2-6(9,10)3-5(8)4-7(11,12)13/h5H,2-4H2,1H3/t5-/m0/s1. The fraction of sp³-hybridized carbons (Fsp3) is 1.00. The molecule has 0 spiro atoms. The summed E-state index contributed by atoms with van der Waals surface area (Å²) in [6.45, 7) is 1.10. The highest BCUT2D eigenvalue weighted by atomic mass is 19.4. The van der Waals surface area contributed by atoms with Gasteiger partial charge in [-0.05, 0) is 0 Å². The monoisotopic (exact) mass is 208 g/mol. The first-order valence-electron chi connectivity index (χ1n) is 3.75. The van der Waals surface area contributed by atoms with Crippen molar-refractivity contribution in [1.82, 2.24) is 0 Å². The molecule has 0 rings (SSSR count). The van der Waals surface area contributed by atoms with E-state index in [1.54, 1.807) is 0 Å². The summed E-state index contributed by atoms with van der Waals surface area (Å²) < 4.78 is 71.6. The first kappa shape index (κ1) is 12.6. The predicted octanol–water partition coefficient (Wildman–Crippen LogP) is 3.71. The zero-order valence-corrected chi connectivity index (χ0v) is 6.97. The molecule has 0 unspecified atom stereocenters. The van der Waals surface area contributed by atoms with Crippen LogP contribution >= 0.6 is 0 Å². The quantitative estimate of drug-likeness (QED) is 0.618. The van der Waals surface area contributed by atoms with Crippen LogP contribution in [-0.2, 0) is 0 Å². The van der Waals surface area contributed by atoms with Crippen molar-refractivity contribution in [3.63, 3.8) is 0 Å². The first-order valence-corrected chi connectivity index (χ1v) is 3.75. The second kappa shape index (κ2) is 4.19. The highest BCUT2D eigenvalue weighted by Gasteiger charge is 2.37. The van der Waals surface area contributed by atoms with E-state index in [1.807, 2.05) is 0 Å². The fourth-order valence-electron chi connectivity index (χ4n) is 0.792. The van der Waals surface area contributed by atoms with Crippen molar-refractivity contribution in [3.05, 3.63) is 0 Å². The topological polar surface area (TPSA) is 0 Å². The van der Waals surface area contributed by atoms with E-state index < -0.39 is 37.5 Å². The van der Waals surface area contributed by atoms with Gasteiger partial charge in [0, 0.05) is 12.8 Å². The van der Waals surface area contributed by atoms with E-state index in [-0.39, 0.29) is 0 Å². The molecule has 0 saturated heterocycles. The van der Waals surface area contributed by atoms with Crippen LogP contribution in [0.15, 0.2) is 0 Å². The van der Waals surface area contributed by atoms with E-state index in [0.717, 1.165) is 6.92 Å². The van der Waals surface area contributed by atoms with Crippen molar-refractivity contribution in [1.29, 1.82) is 0 Å². The molecule has 0 aromatic rings. The summed E-state index contributed by atoms with van der Waals surface area (Å²) >= 11 is 0. The van der Waals surface area contributed by atoms with Crippen LogP contribution in [-0.4, -0.2) is 18.3 Å². The van der Waals surface area contributed by atoms with E-state index >= 15 is 0 Å². The van der Waals surface area contributed by atoms with Crippen molar-refractivity contribution < 1.29 is 26.3 Å². The van der Waals surface area contributed by atoms with Gasteiger partial charge < -0.3 is 0 Å². The molecular weight excluding hydrogens is 198 g/mol. The van der Waals surface area contributed by atoms with Crippen LogP contribution in [0.4, 0.5) is 26.3 Å². The van der Waals surface area contributed by atoms with Gasteiger partial charge in [0.25, 0.3) is 5.92 Å². The second-order valence-corrected chi connectivity index (χ2v) is 2.83. The first-order chi connectivity index (χ1) is 5.66. The summed E-state index contributed by atoms with van der Waals surface area (Å²) in [5.41, 5.74) is 0. The van der Waals surface area contributed by atoms with Gasteiger partial charge in [0.2, 0.25) is 0 Å². The van der Waals surface area contributed by atoms with Gasteiger partial charge in [-0.15, -0.1) is 0 Å². The van der Waals surface area contributed by atoms with Gasteiger partial charge in [0.1, 0.15) is 6.17 Å². The van der Waals surface area contributed by atoms with E-state index in [4.69, 9.17) is 0 Å². The Hall–Kier alpha value is -0.420. The lowest BCUT2D eigenvalue weighted by Crippen LogP contribution is -2.24. The number of halogens is 6. The molecule has 0 radical (unpaired) electrons. The lowest BCUT2D eigenvalue weighted by molar-refractivity contribution is -0.153. The molecule has 0 aliphatic heterocycles. The molecule has 1 atom stereocenters. The van der Waals surface area contributed by atoms with Crippen molar-refractivity contribution in [2.45, 2.75) is 44.5 Å². The average Bonchev–Trinajstić information content (AvgIpc) is 1.81. The van der Waals surface area contributed by atoms with Crippen LogP contribution in [0.5, 0.6) is 0 Å². The van der Waals surface area contributed by atoms with Crippen molar-refractivity contribution in [2.24, 2.45) is 0 Å². The van der Waals surface area contributed by atoms with E-state index in [0.29, 0.717) is 0 Å². The van der Waals surface area contributed by atoms with Crippen LogP contribution in [0.1, 0.15) is 26.2 Å². The van der Waals surface area contributed by atoms with E-state index in [2.05, 4.69) is 0 Å². The minimum absolute atomic E-state index is 0.648. The summed E-state index contributed by atoms with van der Waals surface area (Å²) in [4.78, 5) is 0. The zero-order chi connectivity index (χ0) is 10.7. The summed E-state index contributed by atoms with van der Waals surface area (Å²) in [6.07, 6.45) is -11.0. The Bertz CT molecular complexity index is 150. The van der Waals surface area contributed by atoms with Gasteiger partial charge in [-0.1, -0.05) is 6.92 Å². The maximum atomic E-state index is 12.4. The lowest BCUT2D eigenvalue weighted by atomic mass is 10.1. The molecular formula is C7H10F6. The Balaban J connectivity index is 3.94. The second-order valence-electron chi connectivity index (χ2n) is 2.83. The Kier molecular flexibility index (Phi) is 4.06. The third-order valence-electron chi connectivity index (χ3n) is 1.49. The molecule has 0 N–H and O–H groups in total. The summed E-state index contributed by atoms with van der Waals surface area (Å²) in [5.74, 6) is -3.34. The molecule has 0 bridgehead atoms. The van der Waals surface area contributed by atoms with Gasteiger partial charge in [-0.2, -0.15) is 13.2 Å². The van der Waals surface area contributed by atoms with Crippen molar-refractivity contribution in [3.8, 4) is 0 Å². The summed E-state index contributed by atoms with van der Waals surface area (Å²) in [7, 11) is 0. The third kappa shape index (κ3) is 6.72. The molecule has 0 fully saturated rings. The van der Waals surface area contributed by atoms with E-state index in [1.165, 1.54) is 0 Å². The van der Waals surface area contributed by atoms with Crippen LogP contribution < -0.4 is 0 Å². The molecule has 0 amide bonds. The minimum atomic E-state index is -4.72. The molecule has 0 aliphatic carbocycles. The number of alkyl halides is 6. The van der Waals surface area contributed by atoms with Crippen LogP contribution in [0, 0.1) is 0 Å². The highest BCUT2D eigenvalue weighted by molar-refractivity contribution is 4.72. The Morgan fingerprint density at radius 1 is 1.00 bits per heavy atom. The van der Waals surface area contributed by atoms with Crippen LogP contribution in [0.25, 0.3) is 0 Å². The fourth-order valence-corrected chi connectivity index (χ4v) is 0.792. The third-order valence-corrected chi connectivity index (χ3v) is 1.49. The Labute approximate surface area is 71.9 Å². The largest absolute Gasteiger partial charge is 0.391 e. The van der Waals surface area contributed by atoms with Crippen LogP contribution in [0.3, 0.4) is 0 Å². The maximum absolute atomic E-state index is 12.4. The number of rotatable bonds is 4. The van der Waals surface area contributed by atoms with Gasteiger partial charge in [-0.3, -0.25) is 0 Å². The maximum Gasteiger partial charge on any atom is 0.391 e. The van der Waals surface area contributed by atoms with Crippen molar-refractivity contribution in [2.75, 3.05) is 0 Å². The van der Waals surface area contributed by atoms with Gasteiger partial charge in [0.15, 0.2) is 0 Å². The number of hydrogen-bond acceptors (Lipinski definition) is 0. The zero-order valence-electron chi connectivity index (χ0n) is 6.97. The normalized spacial score (nSPS) is 15.9. The molecule has 13 heavy (non-hydrogen) atoms. The van der Waals surface area contributed by atoms with Gasteiger partial charge in [-0.25, -0.2) is 13.2 Å².